The van der Waals surface area contributed by atoms with E-state index in [0.29, 0.717) is 5.56 Å². The van der Waals surface area contributed by atoms with Crippen molar-refractivity contribution < 1.29 is 33.2 Å². The number of ether oxygens (including phenoxy) is 6. The summed E-state index contributed by atoms with van der Waals surface area (Å²) in [6.45, 7) is 8.60. The van der Waals surface area contributed by atoms with Gasteiger partial charge in [-0.1, -0.05) is 0 Å². The van der Waals surface area contributed by atoms with E-state index in [1.807, 2.05) is 0 Å². The molecule has 2 aromatic rings. The number of rotatable bonds is 5. The van der Waals surface area contributed by atoms with Crippen molar-refractivity contribution in [3.63, 3.8) is 0 Å². The number of nitrogens with one attached hydrogen (secondary N) is 2. The number of aryl methyl sites for hydroxylation is 1. The highest BCUT2D eigenvalue weighted by Gasteiger charge is 2.61. The Morgan fingerprint density at radius 3 is 2.09 bits per heavy atom. The smallest absolute Gasteiger partial charge is 0.330 e. The Morgan fingerprint density at radius 1 is 0.818 bits per heavy atom. The van der Waals surface area contributed by atoms with Crippen LogP contribution in [0.2, 0.25) is 0 Å². The molecule has 0 bridgehead atoms. The van der Waals surface area contributed by atoms with Gasteiger partial charge in [0, 0.05) is 30.4 Å². The molecule has 2 aromatic heterocycles. The Labute approximate surface area is 253 Å². The van der Waals surface area contributed by atoms with Crippen molar-refractivity contribution in [2.24, 2.45) is 0 Å². The van der Waals surface area contributed by atoms with E-state index in [0.717, 1.165) is 0 Å². The first-order valence-corrected chi connectivity index (χ1v) is 15.3. The first-order valence-electron chi connectivity index (χ1n) is 14.3. The number of aromatic nitrogens is 4. The molecule has 7 rings (SSSR count). The molecular weight excluding hydrogens is 602 g/mol. The van der Waals surface area contributed by atoms with Crippen molar-refractivity contribution in [2.75, 3.05) is 5.75 Å². The van der Waals surface area contributed by atoms with Crippen molar-refractivity contribution >= 4 is 17.7 Å². The van der Waals surface area contributed by atoms with Gasteiger partial charge in [0.05, 0.1) is 17.2 Å². The van der Waals surface area contributed by atoms with Gasteiger partial charge in [0.2, 0.25) is 5.91 Å². The summed E-state index contributed by atoms with van der Waals surface area (Å²) in [4.78, 5) is 68.8. The van der Waals surface area contributed by atoms with Gasteiger partial charge in [-0.15, -0.1) is 11.8 Å². The molecule has 0 saturated carbocycles. The van der Waals surface area contributed by atoms with Crippen molar-refractivity contribution in [3.8, 4) is 0 Å². The lowest BCUT2D eigenvalue weighted by Gasteiger charge is -2.34. The molecule has 2 N–H and O–H groups in total. The Balaban J connectivity index is 1.18. The second kappa shape index (κ2) is 10.2. The molecule has 0 radical (unpaired) electrons. The van der Waals surface area contributed by atoms with Crippen LogP contribution in [0, 0.1) is 6.92 Å². The van der Waals surface area contributed by atoms with E-state index in [2.05, 4.69) is 9.97 Å². The summed E-state index contributed by atoms with van der Waals surface area (Å²) in [5, 5.41) is -0.461. The Bertz CT molecular complexity index is 1730. The first kappa shape index (κ1) is 29.6. The molecule has 0 unspecified atom stereocenters. The summed E-state index contributed by atoms with van der Waals surface area (Å²) in [5.41, 5.74) is -2.03. The van der Waals surface area contributed by atoms with Crippen LogP contribution < -0.4 is 22.5 Å². The monoisotopic (exact) mass is 635 g/mol. The molecule has 0 aromatic carbocycles. The Morgan fingerprint density at radius 2 is 1.41 bits per heavy atom. The molecule has 17 heteroatoms. The fourth-order valence-electron chi connectivity index (χ4n) is 6.65. The van der Waals surface area contributed by atoms with E-state index in [4.69, 9.17) is 28.4 Å². The highest BCUT2D eigenvalue weighted by molar-refractivity contribution is 8.01. The summed E-state index contributed by atoms with van der Waals surface area (Å²) in [7, 11) is 0. The number of aromatic amines is 2. The van der Waals surface area contributed by atoms with Gasteiger partial charge in [0.15, 0.2) is 30.3 Å². The minimum absolute atomic E-state index is 0.168. The van der Waals surface area contributed by atoms with E-state index in [-0.39, 0.29) is 18.1 Å². The lowest BCUT2D eigenvalue weighted by atomic mass is 10.1. The van der Waals surface area contributed by atoms with Crippen LogP contribution in [0.1, 0.15) is 52.1 Å². The number of hydrogen-bond donors (Lipinski definition) is 2. The van der Waals surface area contributed by atoms with Crippen LogP contribution in [0.5, 0.6) is 0 Å². The van der Waals surface area contributed by atoms with Crippen LogP contribution in [-0.2, 0) is 33.2 Å². The second-order valence-corrected chi connectivity index (χ2v) is 13.6. The van der Waals surface area contributed by atoms with Crippen molar-refractivity contribution in [2.45, 2.75) is 107 Å². The topological polar surface area (TPSA) is 185 Å². The minimum Gasteiger partial charge on any atom is -0.349 e. The molecule has 0 spiro atoms. The van der Waals surface area contributed by atoms with Gasteiger partial charge in [0.1, 0.15) is 24.4 Å². The van der Waals surface area contributed by atoms with Gasteiger partial charge in [-0.25, -0.2) is 9.59 Å². The molecule has 9 atom stereocenters. The zero-order valence-electron chi connectivity index (χ0n) is 24.6. The normalized spacial score (nSPS) is 37.1. The third kappa shape index (κ3) is 4.90. The number of nitrogens with zero attached hydrogens (tertiary/aromatic N) is 3. The van der Waals surface area contributed by atoms with E-state index >= 15 is 0 Å². The standard InChI is InChI=1S/C27H33N5O11S/c1-11-9-31(25(37)29-20(11)35)22-17-16(40-26(2,3)41-17)12(38-22)8-15-32(14(34)10-44-15)23-19-18(42-27(4,5)43-19)21(39-23)30-7-6-13(33)28-24(30)36/h6-7,9,12,15-19,21-23H,8,10H2,1-5H3,(H,28,33,36)(H,29,35,37)/t12-,15-,16-,17-,18-,19+,21-,22-,23+/m1/s1. The molecule has 1 amide bonds. The molecule has 0 aliphatic carbocycles. The zero-order valence-corrected chi connectivity index (χ0v) is 25.4. The predicted molar refractivity (Wildman–Crippen MR) is 151 cm³/mol. The third-order valence-corrected chi connectivity index (χ3v) is 9.60. The lowest BCUT2D eigenvalue weighted by molar-refractivity contribution is -0.219. The lowest BCUT2D eigenvalue weighted by Crippen LogP contribution is -2.50. The van der Waals surface area contributed by atoms with E-state index in [1.165, 1.54) is 39.4 Å². The van der Waals surface area contributed by atoms with Crippen LogP contribution >= 0.6 is 11.8 Å². The molecule has 5 saturated heterocycles. The van der Waals surface area contributed by atoms with Gasteiger partial charge in [0.25, 0.3) is 11.1 Å². The van der Waals surface area contributed by atoms with Gasteiger partial charge < -0.3 is 33.3 Å². The van der Waals surface area contributed by atoms with E-state index in [9.17, 15) is 24.0 Å². The highest BCUT2D eigenvalue weighted by atomic mass is 32.2. The van der Waals surface area contributed by atoms with Crippen LogP contribution in [0.4, 0.5) is 0 Å². The van der Waals surface area contributed by atoms with Gasteiger partial charge in [-0.05, 0) is 34.6 Å². The maximum Gasteiger partial charge on any atom is 0.330 e. The third-order valence-electron chi connectivity index (χ3n) is 8.38. The summed E-state index contributed by atoms with van der Waals surface area (Å²) in [5.74, 6) is -2.02. The van der Waals surface area contributed by atoms with E-state index in [1.54, 1.807) is 39.5 Å². The van der Waals surface area contributed by atoms with Gasteiger partial charge in [-0.3, -0.25) is 33.5 Å². The number of amides is 1. The number of carbonyl (C=O) groups is 1. The summed E-state index contributed by atoms with van der Waals surface area (Å²) in [6.07, 6.45) is -3.09. The SMILES string of the molecule is Cc1cn([C@@H]2O[C@H](C[C@H]3SCC(=O)N3[C@H]3O[C@@H](n4ccc(=O)[nH]c4=O)[C@@H]4OC(C)(C)O[C@@H]43)[C@H]3OC(C)(C)O[C@H]32)c(=O)[nH]c1=O. The molecule has 5 fully saturated rings. The van der Waals surface area contributed by atoms with Crippen molar-refractivity contribution in [1.29, 1.82) is 0 Å². The van der Waals surface area contributed by atoms with Crippen molar-refractivity contribution in [3.05, 3.63) is 65.7 Å². The molecule has 5 aliphatic heterocycles. The molecule has 16 nitrogen and oxygen atoms in total. The average Bonchev–Trinajstić information content (AvgIpc) is 3.69. The van der Waals surface area contributed by atoms with Gasteiger partial charge in [-0.2, -0.15) is 0 Å². The quantitative estimate of drug-likeness (QED) is 0.429. The summed E-state index contributed by atoms with van der Waals surface area (Å²) >= 11 is 1.40. The molecule has 5 aliphatic rings. The molecular formula is C27H33N5O11S. The highest BCUT2D eigenvalue weighted by Crippen LogP contribution is 2.49. The fraction of sp³-hybridized carbons (Fsp3) is 0.667. The van der Waals surface area contributed by atoms with Crippen molar-refractivity contribution in [1.82, 2.24) is 24.0 Å². The molecule has 238 valence electrons. The zero-order chi connectivity index (χ0) is 31.3. The number of thioether (sulfide) groups is 1. The first-order chi connectivity index (χ1) is 20.7. The number of hydrogen-bond acceptors (Lipinski definition) is 12. The number of H-pyrrole nitrogens is 2. The molecule has 44 heavy (non-hydrogen) atoms. The maximum atomic E-state index is 13.4. The Kier molecular flexibility index (Phi) is 6.89. The average molecular weight is 636 g/mol. The summed E-state index contributed by atoms with van der Waals surface area (Å²) < 4.78 is 40.0. The molecule has 7 heterocycles. The Hall–Kier alpha value is -3.06. The predicted octanol–water partition coefficient (Wildman–Crippen LogP) is -0.521. The number of carbonyl (C=O) groups excluding carboxylic acids is 1. The number of fused-ring (bicyclic) bond motifs is 2. The van der Waals surface area contributed by atoms with Crippen LogP contribution in [0.15, 0.2) is 37.6 Å². The minimum atomic E-state index is -1.02. The van der Waals surface area contributed by atoms with E-state index < -0.39 is 88.6 Å². The largest absolute Gasteiger partial charge is 0.349 e. The second-order valence-electron chi connectivity index (χ2n) is 12.4. The van der Waals surface area contributed by atoms with Crippen LogP contribution in [0.25, 0.3) is 0 Å². The fourth-order valence-corrected chi connectivity index (χ4v) is 7.86. The van der Waals surface area contributed by atoms with Gasteiger partial charge >= 0.3 is 11.4 Å². The summed E-state index contributed by atoms with van der Waals surface area (Å²) in [6, 6.07) is 1.21. The van der Waals surface area contributed by atoms with Crippen LogP contribution in [0.3, 0.4) is 0 Å². The maximum absolute atomic E-state index is 13.4. The van der Waals surface area contributed by atoms with Crippen LogP contribution in [-0.4, -0.2) is 89.4 Å².